The first-order valence-electron chi connectivity index (χ1n) is 20.3. The van der Waals surface area contributed by atoms with Crippen LogP contribution in [0.3, 0.4) is 0 Å². The smallest absolute Gasteiger partial charge is 0.394 e. The van der Waals surface area contributed by atoms with Gasteiger partial charge in [0.1, 0.15) is 30.5 Å². The molecule has 0 bridgehead atoms. The molecule has 1 rings (SSSR count). The van der Waals surface area contributed by atoms with E-state index in [0.717, 1.165) is 44.9 Å². The summed E-state index contributed by atoms with van der Waals surface area (Å²) >= 11 is 0. The van der Waals surface area contributed by atoms with Crippen LogP contribution >= 0.6 is 0 Å². The van der Waals surface area contributed by atoms with Crippen molar-refractivity contribution in [3.63, 3.8) is 0 Å². The molecule has 7 N–H and O–H groups in total. The van der Waals surface area contributed by atoms with Crippen LogP contribution in [0.15, 0.2) is 24.3 Å². The molecule has 0 saturated carbocycles. The molecule has 1 aliphatic rings. The Labute approximate surface area is 319 Å². The molecule has 13 nitrogen and oxygen atoms in total. The van der Waals surface area contributed by atoms with Crippen LogP contribution in [-0.2, 0) is 28.9 Å². The summed E-state index contributed by atoms with van der Waals surface area (Å²) in [5.41, 5.74) is 0. The van der Waals surface area contributed by atoms with Crippen molar-refractivity contribution in [2.45, 2.75) is 204 Å². The van der Waals surface area contributed by atoms with E-state index in [0.29, 0.717) is 12.8 Å². The lowest BCUT2D eigenvalue weighted by molar-refractivity contribution is -0.298. The van der Waals surface area contributed by atoms with Gasteiger partial charge >= 0.3 is 10.4 Å². The zero-order chi connectivity index (χ0) is 39.3. The highest BCUT2D eigenvalue weighted by atomic mass is 32.3. The Hall–Kier alpha value is -1.46. The third-order valence-electron chi connectivity index (χ3n) is 9.57. The summed E-state index contributed by atoms with van der Waals surface area (Å²) in [6.07, 6.45) is 21.2. The minimum Gasteiger partial charge on any atom is -0.394 e. The largest absolute Gasteiger partial charge is 0.397 e. The molecular formula is C39H73NO12S. The van der Waals surface area contributed by atoms with Gasteiger partial charge in [0.25, 0.3) is 0 Å². The third kappa shape index (κ3) is 23.9. The molecule has 1 saturated heterocycles. The van der Waals surface area contributed by atoms with Gasteiger partial charge in [-0.05, 0) is 38.5 Å². The molecular weight excluding hydrogens is 706 g/mol. The molecule has 0 aromatic carbocycles. The van der Waals surface area contributed by atoms with Crippen LogP contribution in [-0.4, -0.2) is 107 Å². The topological polar surface area (TPSA) is 212 Å². The standard InChI is InChI=1S/C39H73NO12S/c1-3-5-7-8-9-10-11-12-13-14-15-16-17-18-19-20-21-22-23-24-26-28-33(43)38(46)40-31(32(42)27-25-6-4-2)30-50-39-36(45)37(52-53(47,48)49)35(44)34(29-41)51-39/h17-18,25,27,31-37,39,41-45H,3-16,19-24,26,28-30H2,1-2H3,(H,40,46)(H,47,48,49)/b18-17-,27-25+. The van der Waals surface area contributed by atoms with Crippen LogP contribution in [0.1, 0.15) is 155 Å². The Morgan fingerprint density at radius 3 is 1.79 bits per heavy atom. The van der Waals surface area contributed by atoms with Gasteiger partial charge < -0.3 is 40.3 Å². The SMILES string of the molecule is CCC/C=C/C(O)C(COC1OC(CO)C(O)C(OS(=O)(=O)O)C1O)NC(=O)C(O)CCCCCCCC/C=C\CCCCCCCCCCCCC. The van der Waals surface area contributed by atoms with Gasteiger partial charge in [-0.2, -0.15) is 8.42 Å². The number of nitrogens with one attached hydrogen (secondary N) is 1. The van der Waals surface area contributed by atoms with Gasteiger partial charge in [-0.15, -0.1) is 0 Å². The molecule has 0 aliphatic carbocycles. The number of aliphatic hydroxyl groups is 5. The second kappa shape index (κ2) is 30.7. The van der Waals surface area contributed by atoms with E-state index in [1.807, 2.05) is 6.92 Å². The second-order valence-electron chi connectivity index (χ2n) is 14.4. The number of hydrogen-bond donors (Lipinski definition) is 7. The molecule has 53 heavy (non-hydrogen) atoms. The fraction of sp³-hybridized carbons (Fsp3) is 0.872. The molecule has 8 unspecified atom stereocenters. The lowest BCUT2D eigenvalue weighted by Gasteiger charge is -2.41. The molecule has 1 aliphatic heterocycles. The van der Waals surface area contributed by atoms with Crippen LogP contribution in [0.25, 0.3) is 0 Å². The van der Waals surface area contributed by atoms with Crippen molar-refractivity contribution in [3.8, 4) is 0 Å². The first-order chi connectivity index (χ1) is 25.4. The molecule has 14 heteroatoms. The van der Waals surface area contributed by atoms with Gasteiger partial charge in [0.2, 0.25) is 5.91 Å². The van der Waals surface area contributed by atoms with Gasteiger partial charge in [-0.3, -0.25) is 9.35 Å². The van der Waals surface area contributed by atoms with Crippen LogP contribution in [0.2, 0.25) is 0 Å². The van der Waals surface area contributed by atoms with Crippen molar-refractivity contribution in [3.05, 3.63) is 24.3 Å². The van der Waals surface area contributed by atoms with Crippen molar-refractivity contribution in [2.24, 2.45) is 0 Å². The van der Waals surface area contributed by atoms with E-state index < -0.39 is 78.5 Å². The minimum atomic E-state index is -5.10. The van der Waals surface area contributed by atoms with E-state index in [-0.39, 0.29) is 6.42 Å². The fourth-order valence-corrected chi connectivity index (χ4v) is 6.79. The molecule has 312 valence electrons. The number of aliphatic hydroxyl groups excluding tert-OH is 5. The predicted molar refractivity (Wildman–Crippen MR) is 205 cm³/mol. The highest BCUT2D eigenvalue weighted by Gasteiger charge is 2.48. The molecule has 1 fully saturated rings. The van der Waals surface area contributed by atoms with E-state index in [1.54, 1.807) is 6.08 Å². The monoisotopic (exact) mass is 779 g/mol. The summed E-state index contributed by atoms with van der Waals surface area (Å²) in [5, 5.41) is 54.2. The first-order valence-corrected chi connectivity index (χ1v) is 21.7. The number of carbonyl (C=O) groups excluding carboxylic acids is 1. The maximum Gasteiger partial charge on any atom is 0.397 e. The highest BCUT2D eigenvalue weighted by molar-refractivity contribution is 7.80. The number of carbonyl (C=O) groups is 1. The molecule has 0 spiro atoms. The Bertz CT molecular complexity index is 1070. The zero-order valence-electron chi connectivity index (χ0n) is 32.4. The number of allylic oxidation sites excluding steroid dienone is 3. The maximum atomic E-state index is 12.9. The number of amides is 1. The van der Waals surface area contributed by atoms with Gasteiger partial charge in [0.05, 0.1) is 25.4 Å². The molecule has 0 radical (unpaired) electrons. The van der Waals surface area contributed by atoms with Crippen molar-refractivity contribution in [1.82, 2.24) is 5.32 Å². The average molecular weight is 780 g/mol. The summed E-state index contributed by atoms with van der Waals surface area (Å²) in [5.74, 6) is -0.720. The van der Waals surface area contributed by atoms with Gasteiger partial charge in [0, 0.05) is 0 Å². The highest BCUT2D eigenvalue weighted by Crippen LogP contribution is 2.26. The lowest BCUT2D eigenvalue weighted by atomic mass is 9.99. The summed E-state index contributed by atoms with van der Waals surface area (Å²) in [6.45, 7) is 2.94. The van der Waals surface area contributed by atoms with Gasteiger partial charge in [-0.1, -0.05) is 141 Å². The van der Waals surface area contributed by atoms with E-state index in [4.69, 9.17) is 14.0 Å². The number of unbranched alkanes of at least 4 members (excludes halogenated alkanes) is 18. The average Bonchev–Trinajstić information content (AvgIpc) is 3.12. The molecule has 0 aromatic rings. The van der Waals surface area contributed by atoms with E-state index >= 15 is 0 Å². The summed E-state index contributed by atoms with van der Waals surface area (Å²) in [6, 6.07) is -1.12. The Balaban J connectivity index is 2.35. The predicted octanol–water partition coefficient (Wildman–Crippen LogP) is 5.57. The van der Waals surface area contributed by atoms with Crippen molar-refractivity contribution >= 4 is 16.3 Å². The van der Waals surface area contributed by atoms with Crippen LogP contribution in [0.5, 0.6) is 0 Å². The Morgan fingerprint density at radius 1 is 0.755 bits per heavy atom. The van der Waals surface area contributed by atoms with E-state index in [2.05, 4.69) is 28.6 Å². The van der Waals surface area contributed by atoms with Crippen LogP contribution in [0.4, 0.5) is 0 Å². The number of hydrogen-bond acceptors (Lipinski definition) is 11. The summed E-state index contributed by atoms with van der Waals surface area (Å²) in [7, 11) is -5.10. The Kier molecular flexibility index (Phi) is 28.7. The molecule has 1 amide bonds. The number of rotatable bonds is 33. The van der Waals surface area contributed by atoms with Crippen molar-refractivity contribution in [1.29, 1.82) is 0 Å². The zero-order valence-corrected chi connectivity index (χ0v) is 33.3. The van der Waals surface area contributed by atoms with Gasteiger partial charge in [0.15, 0.2) is 6.29 Å². The quantitative estimate of drug-likeness (QED) is 0.0248. The second-order valence-corrected chi connectivity index (χ2v) is 15.4. The Morgan fingerprint density at radius 2 is 1.28 bits per heavy atom. The van der Waals surface area contributed by atoms with Crippen molar-refractivity contribution < 1.29 is 57.0 Å². The van der Waals surface area contributed by atoms with E-state index in [9.17, 15) is 38.7 Å². The third-order valence-corrected chi connectivity index (χ3v) is 10.0. The molecule has 1 heterocycles. The van der Waals surface area contributed by atoms with Crippen molar-refractivity contribution in [2.75, 3.05) is 13.2 Å². The van der Waals surface area contributed by atoms with Gasteiger partial charge in [-0.25, -0.2) is 4.18 Å². The summed E-state index contributed by atoms with van der Waals surface area (Å²) < 4.78 is 46.9. The number of ether oxygens (including phenoxy) is 2. The normalized spacial score (nSPS) is 22.8. The lowest BCUT2D eigenvalue weighted by Crippen LogP contribution is -2.61. The summed E-state index contributed by atoms with van der Waals surface area (Å²) in [4.78, 5) is 12.9. The molecule has 0 aromatic heterocycles. The minimum absolute atomic E-state index is 0.234. The fourth-order valence-electron chi connectivity index (χ4n) is 6.28. The molecule has 8 atom stereocenters. The first kappa shape index (κ1) is 49.6. The maximum absolute atomic E-state index is 12.9. The van der Waals surface area contributed by atoms with Crippen LogP contribution in [0, 0.1) is 0 Å². The van der Waals surface area contributed by atoms with E-state index in [1.165, 1.54) is 83.1 Å². The van der Waals surface area contributed by atoms with Crippen LogP contribution < -0.4 is 5.32 Å².